The molecular formula is C12H14N4O4S. The zero-order chi connectivity index (χ0) is 15.4. The van der Waals surface area contributed by atoms with E-state index >= 15 is 0 Å². The smallest absolute Gasteiger partial charge is 0.343 e. The lowest BCUT2D eigenvalue weighted by Gasteiger charge is -2.05. The predicted molar refractivity (Wildman–Crippen MR) is 76.3 cm³/mol. The summed E-state index contributed by atoms with van der Waals surface area (Å²) >= 11 is 1.10. The predicted octanol–water partition coefficient (Wildman–Crippen LogP) is 1.70. The molecule has 0 bridgehead atoms. The number of nitrogen functional groups attached to an aromatic ring is 1. The fourth-order valence-electron chi connectivity index (χ4n) is 1.67. The van der Waals surface area contributed by atoms with Gasteiger partial charge in [0.25, 0.3) is 0 Å². The van der Waals surface area contributed by atoms with Crippen molar-refractivity contribution in [2.45, 2.75) is 20.4 Å². The summed E-state index contributed by atoms with van der Waals surface area (Å²) < 4.78 is 9.58. The number of anilines is 2. The Balaban J connectivity index is 2.31. The fourth-order valence-corrected chi connectivity index (χ4v) is 2.67. The molecule has 0 aliphatic carbocycles. The van der Waals surface area contributed by atoms with Crippen LogP contribution in [0.2, 0.25) is 0 Å². The molecule has 0 radical (unpaired) electrons. The number of thiophene rings is 1. The third-order valence-corrected chi connectivity index (χ3v) is 3.82. The van der Waals surface area contributed by atoms with Gasteiger partial charge in [0, 0.05) is 6.92 Å². The summed E-state index contributed by atoms with van der Waals surface area (Å²) in [6.07, 6.45) is 1.20. The van der Waals surface area contributed by atoms with E-state index in [4.69, 9.17) is 10.5 Å². The van der Waals surface area contributed by atoms with Gasteiger partial charge in [0.05, 0.1) is 23.7 Å². The van der Waals surface area contributed by atoms with Crippen LogP contribution in [0.5, 0.6) is 0 Å². The molecule has 2 heterocycles. The van der Waals surface area contributed by atoms with Crippen molar-refractivity contribution in [1.29, 1.82) is 0 Å². The molecule has 0 saturated heterocycles. The van der Waals surface area contributed by atoms with Crippen LogP contribution < -0.4 is 11.1 Å². The number of hydrogen-bond donors (Lipinski definition) is 2. The van der Waals surface area contributed by atoms with Gasteiger partial charge in [0.2, 0.25) is 6.39 Å². The number of ether oxygens (including phenoxy) is 1. The van der Waals surface area contributed by atoms with Crippen LogP contribution in [-0.4, -0.2) is 28.5 Å². The standard InChI is InChI=1S/C12H14N4O4S/c1-3-19-12(18)8-9(13)10(6(2)17)21-11(8)14-4-7-15-5-20-16-7/h5,14H,3-4,13H2,1-2H3. The van der Waals surface area contributed by atoms with Gasteiger partial charge in [-0.15, -0.1) is 11.3 Å². The first-order valence-corrected chi connectivity index (χ1v) is 6.95. The first kappa shape index (κ1) is 15.0. The molecule has 112 valence electrons. The zero-order valence-electron chi connectivity index (χ0n) is 11.5. The van der Waals surface area contributed by atoms with Gasteiger partial charge in [0.1, 0.15) is 10.6 Å². The summed E-state index contributed by atoms with van der Waals surface area (Å²) in [4.78, 5) is 27.7. The van der Waals surface area contributed by atoms with Crippen LogP contribution in [0.4, 0.5) is 10.7 Å². The summed E-state index contributed by atoms with van der Waals surface area (Å²) in [6.45, 7) is 3.53. The van der Waals surface area contributed by atoms with Crippen LogP contribution >= 0.6 is 11.3 Å². The molecular weight excluding hydrogens is 296 g/mol. The summed E-state index contributed by atoms with van der Waals surface area (Å²) in [5.74, 6) is -0.369. The van der Waals surface area contributed by atoms with Gasteiger partial charge in [0.15, 0.2) is 11.6 Å². The SMILES string of the molecule is CCOC(=O)c1c(NCc2ncon2)sc(C(C)=O)c1N. The molecule has 0 aliphatic heterocycles. The summed E-state index contributed by atoms with van der Waals surface area (Å²) in [5, 5.41) is 7.07. The quantitative estimate of drug-likeness (QED) is 0.611. The fraction of sp³-hybridized carbons (Fsp3) is 0.333. The third kappa shape index (κ3) is 3.19. The lowest BCUT2D eigenvalue weighted by molar-refractivity contribution is 0.0529. The first-order valence-electron chi connectivity index (χ1n) is 6.14. The molecule has 0 fully saturated rings. The Morgan fingerprint density at radius 1 is 1.52 bits per heavy atom. The van der Waals surface area contributed by atoms with Crippen LogP contribution in [-0.2, 0) is 11.3 Å². The van der Waals surface area contributed by atoms with Crippen molar-refractivity contribution < 1.29 is 18.8 Å². The van der Waals surface area contributed by atoms with Crippen molar-refractivity contribution >= 4 is 33.8 Å². The highest BCUT2D eigenvalue weighted by atomic mass is 32.1. The highest BCUT2D eigenvalue weighted by molar-refractivity contribution is 7.19. The van der Waals surface area contributed by atoms with Crippen molar-refractivity contribution in [2.75, 3.05) is 17.7 Å². The van der Waals surface area contributed by atoms with E-state index in [1.807, 2.05) is 0 Å². The average Bonchev–Trinajstić information content (AvgIpc) is 3.04. The minimum atomic E-state index is -0.575. The van der Waals surface area contributed by atoms with Crippen LogP contribution in [0.3, 0.4) is 0 Å². The number of ketones is 1. The highest BCUT2D eigenvalue weighted by Gasteiger charge is 2.25. The topological polar surface area (TPSA) is 120 Å². The number of carbonyl (C=O) groups is 2. The van der Waals surface area contributed by atoms with Crippen LogP contribution in [0.15, 0.2) is 10.9 Å². The number of nitrogens with two attached hydrogens (primary N) is 1. The van der Waals surface area contributed by atoms with Gasteiger partial charge in [-0.05, 0) is 6.92 Å². The Morgan fingerprint density at radius 3 is 2.86 bits per heavy atom. The van der Waals surface area contributed by atoms with Crippen molar-refractivity contribution in [3.63, 3.8) is 0 Å². The van der Waals surface area contributed by atoms with E-state index in [9.17, 15) is 9.59 Å². The van der Waals surface area contributed by atoms with E-state index in [-0.39, 0.29) is 30.2 Å². The Morgan fingerprint density at radius 2 is 2.29 bits per heavy atom. The van der Waals surface area contributed by atoms with Crippen molar-refractivity contribution in [3.05, 3.63) is 22.7 Å². The second-order valence-electron chi connectivity index (χ2n) is 4.03. The number of nitrogens with zero attached hydrogens (tertiary/aromatic N) is 2. The average molecular weight is 310 g/mol. The van der Waals surface area contributed by atoms with Crippen LogP contribution in [0, 0.1) is 0 Å². The molecule has 0 amide bonds. The van der Waals surface area contributed by atoms with Crippen LogP contribution in [0.25, 0.3) is 0 Å². The normalized spacial score (nSPS) is 10.4. The number of carbonyl (C=O) groups excluding carboxylic acids is 2. The van der Waals surface area contributed by atoms with E-state index in [0.29, 0.717) is 15.7 Å². The maximum absolute atomic E-state index is 12.0. The van der Waals surface area contributed by atoms with Gasteiger partial charge in [-0.3, -0.25) is 4.79 Å². The van der Waals surface area contributed by atoms with Gasteiger partial charge in [-0.1, -0.05) is 5.16 Å². The molecule has 0 saturated carbocycles. The lowest BCUT2D eigenvalue weighted by atomic mass is 10.2. The number of nitrogens with one attached hydrogen (secondary N) is 1. The van der Waals surface area contributed by atoms with Crippen LogP contribution in [0.1, 0.15) is 39.7 Å². The number of Topliss-reactive ketones (excluding diaryl/α,β-unsaturated/α-hetero) is 1. The summed E-state index contributed by atoms with van der Waals surface area (Å²) in [7, 11) is 0. The first-order chi connectivity index (χ1) is 10.0. The maximum Gasteiger partial charge on any atom is 0.343 e. The summed E-state index contributed by atoms with van der Waals surface area (Å²) in [6, 6.07) is 0. The molecule has 2 aromatic heterocycles. The van der Waals surface area contributed by atoms with Gasteiger partial charge < -0.3 is 20.3 Å². The second kappa shape index (κ2) is 6.35. The van der Waals surface area contributed by atoms with E-state index in [2.05, 4.69) is 20.0 Å². The molecule has 8 nitrogen and oxygen atoms in total. The Bertz CT molecular complexity index is 651. The molecule has 2 rings (SSSR count). The third-order valence-electron chi connectivity index (χ3n) is 2.56. The van der Waals surface area contributed by atoms with Crippen molar-refractivity contribution in [3.8, 4) is 0 Å². The van der Waals surface area contributed by atoms with Gasteiger partial charge in [-0.25, -0.2) is 4.79 Å². The molecule has 0 aromatic carbocycles. The van der Waals surface area contributed by atoms with Gasteiger partial charge >= 0.3 is 5.97 Å². The van der Waals surface area contributed by atoms with E-state index in [1.54, 1.807) is 6.92 Å². The number of aromatic nitrogens is 2. The van der Waals surface area contributed by atoms with Crippen molar-refractivity contribution in [2.24, 2.45) is 0 Å². The molecule has 0 spiro atoms. The molecule has 0 aliphatic rings. The summed E-state index contributed by atoms with van der Waals surface area (Å²) in [5.41, 5.74) is 6.17. The number of esters is 1. The number of rotatable bonds is 6. The minimum absolute atomic E-state index is 0.126. The largest absolute Gasteiger partial charge is 0.462 e. The monoisotopic (exact) mass is 310 g/mol. The molecule has 0 atom stereocenters. The second-order valence-corrected chi connectivity index (χ2v) is 5.05. The Kier molecular flexibility index (Phi) is 4.53. The van der Waals surface area contributed by atoms with E-state index < -0.39 is 5.97 Å². The molecule has 21 heavy (non-hydrogen) atoms. The van der Waals surface area contributed by atoms with Crippen molar-refractivity contribution in [1.82, 2.24) is 10.1 Å². The minimum Gasteiger partial charge on any atom is -0.462 e. The molecule has 3 N–H and O–H groups in total. The van der Waals surface area contributed by atoms with E-state index in [0.717, 1.165) is 11.3 Å². The lowest BCUT2D eigenvalue weighted by Crippen LogP contribution is -2.10. The molecule has 9 heteroatoms. The Labute approximate surface area is 124 Å². The highest BCUT2D eigenvalue weighted by Crippen LogP contribution is 2.36. The van der Waals surface area contributed by atoms with Gasteiger partial charge in [-0.2, -0.15) is 4.98 Å². The Hall–Kier alpha value is -2.42. The zero-order valence-corrected chi connectivity index (χ0v) is 12.3. The van der Waals surface area contributed by atoms with E-state index in [1.165, 1.54) is 13.3 Å². The maximum atomic E-state index is 12.0. The molecule has 2 aromatic rings. The molecule has 0 unspecified atom stereocenters. The number of hydrogen-bond acceptors (Lipinski definition) is 9.